The number of carbonyl (C=O) groups is 1. The number of amides is 1. The quantitative estimate of drug-likeness (QED) is 0.843. The van der Waals surface area contributed by atoms with Crippen molar-refractivity contribution in [3.8, 4) is 11.5 Å². The van der Waals surface area contributed by atoms with E-state index in [1.54, 1.807) is 7.11 Å². The minimum absolute atomic E-state index is 0.00376. The van der Waals surface area contributed by atoms with Crippen LogP contribution in [0.4, 0.5) is 0 Å². The highest BCUT2D eigenvalue weighted by Crippen LogP contribution is 2.25. The minimum atomic E-state index is -0.00376. The van der Waals surface area contributed by atoms with E-state index in [-0.39, 0.29) is 11.9 Å². The van der Waals surface area contributed by atoms with Crippen molar-refractivity contribution in [2.75, 3.05) is 33.4 Å². The highest BCUT2D eigenvalue weighted by atomic mass is 35.5. The van der Waals surface area contributed by atoms with Gasteiger partial charge in [0.05, 0.1) is 26.2 Å². The Morgan fingerprint density at radius 1 is 1.23 bits per heavy atom. The fourth-order valence-electron chi connectivity index (χ4n) is 3.09. The number of rotatable bonds is 6. The monoisotopic (exact) mass is 374 g/mol. The number of methoxy groups -OCH3 is 1. The fraction of sp³-hybridized carbons (Fsp3) is 0.350. The fourth-order valence-corrected chi connectivity index (χ4v) is 3.28. The summed E-state index contributed by atoms with van der Waals surface area (Å²) >= 11 is 6.11. The van der Waals surface area contributed by atoms with Gasteiger partial charge in [0.15, 0.2) is 0 Å². The number of ether oxygens (including phenoxy) is 2. The summed E-state index contributed by atoms with van der Waals surface area (Å²) in [6.07, 6.45) is 0.336. The predicted octanol–water partition coefficient (Wildman–Crippen LogP) is 3.29. The van der Waals surface area contributed by atoms with Gasteiger partial charge < -0.3 is 19.7 Å². The van der Waals surface area contributed by atoms with Crippen LogP contribution in [0, 0.1) is 0 Å². The molecule has 26 heavy (non-hydrogen) atoms. The van der Waals surface area contributed by atoms with Crippen LogP contribution in [0.1, 0.15) is 18.0 Å². The van der Waals surface area contributed by atoms with Gasteiger partial charge >= 0.3 is 0 Å². The van der Waals surface area contributed by atoms with Gasteiger partial charge in [0.1, 0.15) is 11.5 Å². The largest absolute Gasteiger partial charge is 0.497 e. The molecule has 1 atom stereocenters. The number of benzene rings is 2. The molecule has 2 aromatic carbocycles. The molecular formula is C20H23ClN2O3. The normalized spacial score (nSPS) is 17.0. The molecule has 5 nitrogen and oxygen atoms in total. The lowest BCUT2D eigenvalue weighted by molar-refractivity contribution is -0.135. The topological polar surface area (TPSA) is 50.8 Å². The molecule has 0 saturated carbocycles. The summed E-state index contributed by atoms with van der Waals surface area (Å²) in [6, 6.07) is 15.0. The summed E-state index contributed by atoms with van der Waals surface area (Å²) in [4.78, 5) is 14.6. The van der Waals surface area contributed by atoms with Gasteiger partial charge in [-0.05, 0) is 42.0 Å². The number of hydrogen-bond donors (Lipinski definition) is 1. The first-order chi connectivity index (χ1) is 12.7. The third-order valence-corrected chi connectivity index (χ3v) is 4.68. The highest BCUT2D eigenvalue weighted by molar-refractivity contribution is 6.30. The van der Waals surface area contributed by atoms with Crippen LogP contribution >= 0.6 is 11.6 Å². The second kappa shape index (κ2) is 8.92. The first kappa shape index (κ1) is 18.5. The van der Waals surface area contributed by atoms with Crippen LogP contribution in [0.5, 0.6) is 11.5 Å². The standard InChI is InChI=1S/C20H23ClN2O3/c1-25-17-5-7-18(8-6-17)26-12-9-20(24)23-11-10-22-14-19(23)15-3-2-4-16(21)13-15/h2-8,13,19,22H,9-12,14H2,1H3. The molecule has 0 radical (unpaired) electrons. The van der Waals surface area contributed by atoms with E-state index in [0.29, 0.717) is 24.6 Å². The molecular weight excluding hydrogens is 352 g/mol. The lowest BCUT2D eigenvalue weighted by Crippen LogP contribution is -2.48. The van der Waals surface area contributed by atoms with E-state index in [0.717, 1.165) is 30.2 Å². The van der Waals surface area contributed by atoms with E-state index in [4.69, 9.17) is 21.1 Å². The van der Waals surface area contributed by atoms with Gasteiger partial charge in [-0.25, -0.2) is 0 Å². The maximum Gasteiger partial charge on any atom is 0.226 e. The van der Waals surface area contributed by atoms with Gasteiger partial charge in [-0.3, -0.25) is 4.79 Å². The zero-order valence-corrected chi connectivity index (χ0v) is 15.5. The van der Waals surface area contributed by atoms with Crippen molar-refractivity contribution in [1.29, 1.82) is 0 Å². The van der Waals surface area contributed by atoms with Crippen LogP contribution in [0.25, 0.3) is 0 Å². The van der Waals surface area contributed by atoms with Gasteiger partial charge in [0.25, 0.3) is 0 Å². The Bertz CT molecular complexity index is 736. The number of nitrogens with one attached hydrogen (secondary N) is 1. The van der Waals surface area contributed by atoms with Crippen molar-refractivity contribution in [3.63, 3.8) is 0 Å². The highest BCUT2D eigenvalue weighted by Gasteiger charge is 2.27. The maximum atomic E-state index is 12.7. The molecule has 1 saturated heterocycles. The van der Waals surface area contributed by atoms with Crippen LogP contribution in [-0.4, -0.2) is 44.2 Å². The Labute approximate surface area is 158 Å². The van der Waals surface area contributed by atoms with Crippen LogP contribution in [-0.2, 0) is 4.79 Å². The molecule has 0 bridgehead atoms. The minimum Gasteiger partial charge on any atom is -0.497 e. The van der Waals surface area contributed by atoms with E-state index in [1.807, 2.05) is 53.4 Å². The molecule has 0 aliphatic carbocycles. The molecule has 6 heteroatoms. The summed E-state index contributed by atoms with van der Waals surface area (Å²) in [5.41, 5.74) is 1.05. The zero-order chi connectivity index (χ0) is 18.4. The number of carbonyl (C=O) groups excluding carboxylic acids is 1. The van der Waals surface area contributed by atoms with E-state index in [2.05, 4.69) is 5.32 Å². The van der Waals surface area contributed by atoms with E-state index in [9.17, 15) is 4.79 Å². The predicted molar refractivity (Wildman–Crippen MR) is 102 cm³/mol. The molecule has 1 heterocycles. The number of nitrogens with zero attached hydrogens (tertiary/aromatic N) is 1. The van der Waals surface area contributed by atoms with Crippen molar-refractivity contribution in [2.45, 2.75) is 12.5 Å². The maximum absolute atomic E-state index is 12.7. The Morgan fingerprint density at radius 3 is 2.73 bits per heavy atom. The van der Waals surface area contributed by atoms with Gasteiger partial charge in [0, 0.05) is 24.7 Å². The zero-order valence-electron chi connectivity index (χ0n) is 14.8. The Balaban J connectivity index is 1.58. The number of hydrogen-bond acceptors (Lipinski definition) is 4. The molecule has 0 aromatic heterocycles. The number of halogens is 1. The molecule has 2 aromatic rings. The van der Waals surface area contributed by atoms with Crippen molar-refractivity contribution in [3.05, 3.63) is 59.1 Å². The van der Waals surface area contributed by atoms with Crippen LogP contribution in [0.3, 0.4) is 0 Å². The van der Waals surface area contributed by atoms with E-state index >= 15 is 0 Å². The van der Waals surface area contributed by atoms with Gasteiger partial charge in [0.2, 0.25) is 5.91 Å². The second-order valence-corrected chi connectivity index (χ2v) is 6.57. The summed E-state index contributed by atoms with van der Waals surface area (Å²) in [5.74, 6) is 1.59. The first-order valence-corrected chi connectivity index (χ1v) is 9.07. The Morgan fingerprint density at radius 2 is 2.00 bits per heavy atom. The van der Waals surface area contributed by atoms with Crippen molar-refractivity contribution in [2.24, 2.45) is 0 Å². The summed E-state index contributed by atoms with van der Waals surface area (Å²) in [7, 11) is 1.62. The Hall–Kier alpha value is -2.24. The molecule has 1 N–H and O–H groups in total. The summed E-state index contributed by atoms with van der Waals surface area (Å²) < 4.78 is 10.8. The average Bonchev–Trinajstić information content (AvgIpc) is 2.68. The smallest absolute Gasteiger partial charge is 0.226 e. The molecule has 138 valence electrons. The summed E-state index contributed by atoms with van der Waals surface area (Å²) in [5, 5.41) is 4.03. The second-order valence-electron chi connectivity index (χ2n) is 6.14. The van der Waals surface area contributed by atoms with E-state index in [1.165, 1.54) is 0 Å². The molecule has 1 aliphatic rings. The van der Waals surface area contributed by atoms with Gasteiger partial charge in [-0.1, -0.05) is 23.7 Å². The van der Waals surface area contributed by atoms with Crippen LogP contribution < -0.4 is 14.8 Å². The lowest BCUT2D eigenvalue weighted by Gasteiger charge is -2.36. The van der Waals surface area contributed by atoms with Crippen molar-refractivity contribution < 1.29 is 14.3 Å². The first-order valence-electron chi connectivity index (χ1n) is 8.70. The lowest BCUT2D eigenvalue weighted by atomic mass is 10.0. The third kappa shape index (κ3) is 4.68. The van der Waals surface area contributed by atoms with Crippen LogP contribution in [0.15, 0.2) is 48.5 Å². The van der Waals surface area contributed by atoms with E-state index < -0.39 is 0 Å². The Kier molecular flexibility index (Phi) is 6.36. The SMILES string of the molecule is COc1ccc(OCCC(=O)N2CCNCC2c2cccc(Cl)c2)cc1. The van der Waals surface area contributed by atoms with Crippen LogP contribution in [0.2, 0.25) is 5.02 Å². The molecule has 1 fully saturated rings. The summed E-state index contributed by atoms with van der Waals surface area (Å²) in [6.45, 7) is 2.55. The average molecular weight is 375 g/mol. The molecule has 3 rings (SSSR count). The molecule has 1 aliphatic heterocycles. The van der Waals surface area contributed by atoms with Crippen molar-refractivity contribution in [1.82, 2.24) is 10.2 Å². The third-order valence-electron chi connectivity index (χ3n) is 4.44. The molecule has 1 amide bonds. The van der Waals surface area contributed by atoms with Crippen molar-refractivity contribution >= 4 is 17.5 Å². The molecule has 0 spiro atoms. The van der Waals surface area contributed by atoms with Gasteiger partial charge in [-0.2, -0.15) is 0 Å². The van der Waals surface area contributed by atoms with Gasteiger partial charge in [-0.15, -0.1) is 0 Å². The number of piperazine rings is 1. The molecule has 1 unspecified atom stereocenters.